The normalized spacial score (nSPS) is 10.6. The van der Waals surface area contributed by atoms with E-state index in [0.717, 1.165) is 13.1 Å². The highest BCUT2D eigenvalue weighted by molar-refractivity contribution is 5.96. The first-order chi connectivity index (χ1) is 15.5. The average Bonchev–Trinajstić information content (AvgIpc) is 3.49. The molecule has 2 heterocycles. The minimum Gasteiger partial charge on any atom is -0.486 e. The monoisotopic (exact) mass is 436 g/mol. The van der Waals surface area contributed by atoms with Crippen molar-refractivity contribution in [3.05, 3.63) is 77.1 Å². The van der Waals surface area contributed by atoms with Gasteiger partial charge < -0.3 is 13.6 Å². The molecule has 1 aromatic carbocycles. The zero-order chi connectivity index (χ0) is 22.9. The Morgan fingerprint density at radius 1 is 0.906 bits per heavy atom. The van der Waals surface area contributed by atoms with Crippen molar-refractivity contribution in [3.8, 4) is 11.8 Å². The Kier molecular flexibility index (Phi) is 7.67. The molecule has 0 fully saturated rings. The van der Waals surface area contributed by atoms with Gasteiger partial charge in [0.25, 0.3) is 0 Å². The number of hydrogen-bond acceptors (Lipinski definition) is 7. The lowest BCUT2D eigenvalue weighted by Gasteiger charge is -2.15. The molecule has 2 aromatic heterocycles. The van der Waals surface area contributed by atoms with Gasteiger partial charge in [0.1, 0.15) is 23.9 Å². The van der Waals surface area contributed by atoms with Crippen molar-refractivity contribution in [1.29, 1.82) is 5.26 Å². The first-order valence-electron chi connectivity index (χ1n) is 10.2. The highest BCUT2D eigenvalue weighted by atomic mass is 16.5. The lowest BCUT2D eigenvalue weighted by atomic mass is 10.2. The van der Waals surface area contributed by atoms with E-state index in [1.54, 1.807) is 42.5 Å². The molecule has 9 nitrogen and oxygen atoms in total. The van der Waals surface area contributed by atoms with Crippen molar-refractivity contribution in [2.24, 2.45) is 0 Å². The number of nitrogens with one attached hydrogen (secondary N) is 2. The van der Waals surface area contributed by atoms with Gasteiger partial charge in [0, 0.05) is 0 Å². The minimum absolute atomic E-state index is 0.0189. The van der Waals surface area contributed by atoms with Gasteiger partial charge in [0.15, 0.2) is 11.5 Å². The average molecular weight is 436 g/mol. The van der Waals surface area contributed by atoms with E-state index in [1.165, 1.54) is 6.07 Å². The van der Waals surface area contributed by atoms with E-state index < -0.39 is 11.8 Å². The molecule has 166 valence electrons. The topological polar surface area (TPSA) is 121 Å². The second kappa shape index (κ2) is 10.8. The predicted molar refractivity (Wildman–Crippen MR) is 114 cm³/mol. The highest BCUT2D eigenvalue weighted by Crippen LogP contribution is 2.15. The summed E-state index contributed by atoms with van der Waals surface area (Å²) in [5, 5.41) is 8.81. The molecule has 0 bridgehead atoms. The Bertz CT molecular complexity index is 1090. The Labute approximate surface area is 185 Å². The van der Waals surface area contributed by atoms with Crippen LogP contribution in [0.1, 0.15) is 52.0 Å². The van der Waals surface area contributed by atoms with Gasteiger partial charge in [0.05, 0.1) is 18.2 Å². The quantitative estimate of drug-likeness (QED) is 0.494. The summed E-state index contributed by atoms with van der Waals surface area (Å²) < 4.78 is 16.6. The summed E-state index contributed by atoms with van der Waals surface area (Å²) >= 11 is 0. The fourth-order valence-electron chi connectivity index (χ4n) is 2.85. The van der Waals surface area contributed by atoms with Crippen LogP contribution < -0.4 is 15.6 Å². The molecular formula is C23H24N4O5. The number of rotatable bonds is 9. The van der Waals surface area contributed by atoms with Crippen molar-refractivity contribution in [2.45, 2.75) is 27.0 Å². The van der Waals surface area contributed by atoms with E-state index in [4.69, 9.17) is 18.8 Å². The molecule has 0 atom stereocenters. The summed E-state index contributed by atoms with van der Waals surface area (Å²) in [7, 11) is 0. The standard InChI is InChI=1S/C23H24N4O5/c1-3-27(4-2)14-18-9-11-20(31-18)22(28)25-26-23(29)21-12-10-19(32-21)15-30-17-7-5-16(13-24)6-8-17/h5-12H,3-4,14-15H2,1-2H3,(H,25,28)(H,26,29). The van der Waals surface area contributed by atoms with E-state index >= 15 is 0 Å². The number of furan rings is 2. The Morgan fingerprint density at radius 2 is 1.47 bits per heavy atom. The Hall–Kier alpha value is -4.03. The first-order valence-corrected chi connectivity index (χ1v) is 10.2. The summed E-state index contributed by atoms with van der Waals surface area (Å²) in [6.07, 6.45) is 0. The lowest BCUT2D eigenvalue weighted by Crippen LogP contribution is -2.41. The van der Waals surface area contributed by atoms with Gasteiger partial charge in [-0.2, -0.15) is 5.26 Å². The van der Waals surface area contributed by atoms with Crippen LogP contribution in [0.2, 0.25) is 0 Å². The Balaban J connectivity index is 1.48. The summed E-state index contributed by atoms with van der Waals surface area (Å²) in [5.74, 6) is 0.602. The number of nitrogens with zero attached hydrogens (tertiary/aromatic N) is 2. The van der Waals surface area contributed by atoms with Crippen molar-refractivity contribution in [1.82, 2.24) is 15.8 Å². The third-order valence-corrected chi connectivity index (χ3v) is 4.70. The van der Waals surface area contributed by atoms with E-state index in [0.29, 0.717) is 29.4 Å². The van der Waals surface area contributed by atoms with Gasteiger partial charge >= 0.3 is 11.8 Å². The fourth-order valence-corrected chi connectivity index (χ4v) is 2.85. The second-order valence-electron chi connectivity index (χ2n) is 6.83. The molecule has 0 saturated heterocycles. The third kappa shape index (κ3) is 6.00. The number of amides is 2. The SMILES string of the molecule is CCN(CC)Cc1ccc(C(=O)NNC(=O)c2ccc(COc3ccc(C#N)cc3)o2)o1. The van der Waals surface area contributed by atoms with Gasteiger partial charge in [-0.3, -0.25) is 25.3 Å². The molecule has 0 spiro atoms. The van der Waals surface area contributed by atoms with Crippen molar-refractivity contribution in [2.75, 3.05) is 13.1 Å². The molecule has 0 aliphatic heterocycles. The van der Waals surface area contributed by atoms with Crippen molar-refractivity contribution < 1.29 is 23.2 Å². The van der Waals surface area contributed by atoms with Crippen LogP contribution >= 0.6 is 0 Å². The maximum Gasteiger partial charge on any atom is 0.305 e. The van der Waals surface area contributed by atoms with Crippen molar-refractivity contribution in [3.63, 3.8) is 0 Å². The molecule has 9 heteroatoms. The zero-order valence-electron chi connectivity index (χ0n) is 17.9. The molecule has 0 radical (unpaired) electrons. The molecule has 0 aliphatic carbocycles. The van der Waals surface area contributed by atoms with Crippen LogP contribution in [0.5, 0.6) is 5.75 Å². The summed E-state index contributed by atoms with van der Waals surface area (Å²) in [5.41, 5.74) is 5.13. The predicted octanol–water partition coefficient (Wildman–Crippen LogP) is 3.24. The molecular weight excluding hydrogens is 412 g/mol. The molecule has 0 saturated carbocycles. The largest absolute Gasteiger partial charge is 0.486 e. The summed E-state index contributed by atoms with van der Waals surface area (Å²) in [6.45, 7) is 6.56. The molecule has 0 aliphatic rings. The molecule has 32 heavy (non-hydrogen) atoms. The number of benzene rings is 1. The number of hydrogen-bond donors (Lipinski definition) is 2. The van der Waals surface area contributed by atoms with Crippen LogP contribution in [0.3, 0.4) is 0 Å². The Morgan fingerprint density at radius 3 is 2.03 bits per heavy atom. The zero-order valence-corrected chi connectivity index (χ0v) is 17.9. The van der Waals surface area contributed by atoms with E-state index in [2.05, 4.69) is 29.6 Å². The minimum atomic E-state index is -0.613. The molecule has 2 N–H and O–H groups in total. The first kappa shape index (κ1) is 22.7. The maximum atomic E-state index is 12.2. The summed E-state index contributed by atoms with van der Waals surface area (Å²) in [4.78, 5) is 26.6. The number of carbonyl (C=O) groups is 2. The summed E-state index contributed by atoms with van der Waals surface area (Å²) in [6, 6.07) is 15.0. The molecule has 3 rings (SSSR count). The van der Waals surface area contributed by atoms with Gasteiger partial charge in [-0.1, -0.05) is 13.8 Å². The van der Waals surface area contributed by atoms with Crippen LogP contribution in [-0.4, -0.2) is 29.8 Å². The van der Waals surface area contributed by atoms with Crippen LogP contribution in [0.25, 0.3) is 0 Å². The number of carbonyl (C=O) groups excluding carboxylic acids is 2. The van der Waals surface area contributed by atoms with E-state index in [1.807, 2.05) is 6.07 Å². The van der Waals surface area contributed by atoms with E-state index in [-0.39, 0.29) is 18.1 Å². The second-order valence-corrected chi connectivity index (χ2v) is 6.83. The highest BCUT2D eigenvalue weighted by Gasteiger charge is 2.16. The molecule has 3 aromatic rings. The lowest BCUT2D eigenvalue weighted by molar-refractivity contribution is 0.0813. The van der Waals surface area contributed by atoms with Crippen LogP contribution in [0.4, 0.5) is 0 Å². The van der Waals surface area contributed by atoms with Gasteiger partial charge in [-0.05, 0) is 61.6 Å². The smallest absolute Gasteiger partial charge is 0.305 e. The number of nitriles is 1. The number of hydrazine groups is 1. The molecule has 2 amide bonds. The van der Waals surface area contributed by atoms with Gasteiger partial charge in [0.2, 0.25) is 0 Å². The van der Waals surface area contributed by atoms with Crippen LogP contribution in [-0.2, 0) is 13.2 Å². The van der Waals surface area contributed by atoms with E-state index in [9.17, 15) is 9.59 Å². The third-order valence-electron chi connectivity index (χ3n) is 4.70. The van der Waals surface area contributed by atoms with Gasteiger partial charge in [-0.25, -0.2) is 0 Å². The maximum absolute atomic E-state index is 12.2. The van der Waals surface area contributed by atoms with Gasteiger partial charge in [-0.15, -0.1) is 0 Å². The van der Waals surface area contributed by atoms with Crippen LogP contribution in [0.15, 0.2) is 57.4 Å². The fraction of sp³-hybridized carbons (Fsp3) is 0.261. The van der Waals surface area contributed by atoms with Crippen LogP contribution in [0, 0.1) is 11.3 Å². The van der Waals surface area contributed by atoms with Crippen molar-refractivity contribution >= 4 is 11.8 Å². The number of ether oxygens (including phenoxy) is 1. The molecule has 0 unspecified atom stereocenters.